The maximum absolute atomic E-state index is 11.3. The summed E-state index contributed by atoms with van der Waals surface area (Å²) in [4.78, 5) is 11.3. The third-order valence-corrected chi connectivity index (χ3v) is 3.85. The van der Waals surface area contributed by atoms with Crippen molar-refractivity contribution in [2.45, 2.75) is 13.3 Å². The van der Waals surface area contributed by atoms with E-state index in [1.807, 2.05) is 12.1 Å². The summed E-state index contributed by atoms with van der Waals surface area (Å²) in [6.45, 7) is 2.34. The number of hydrogen-bond donors (Lipinski definition) is 1. The van der Waals surface area contributed by atoms with Crippen molar-refractivity contribution < 1.29 is 9.53 Å². The molecule has 18 heavy (non-hydrogen) atoms. The summed E-state index contributed by atoms with van der Waals surface area (Å²) in [6.07, 6.45) is 0.954. The molecule has 0 saturated heterocycles. The monoisotopic (exact) mass is 441 g/mol. The van der Waals surface area contributed by atoms with Crippen molar-refractivity contribution in [2.75, 3.05) is 23.8 Å². The molecule has 0 aliphatic carbocycles. The molecule has 0 aliphatic rings. The van der Waals surface area contributed by atoms with Crippen LogP contribution in [0.25, 0.3) is 0 Å². The van der Waals surface area contributed by atoms with Gasteiger partial charge in [0, 0.05) is 14.3 Å². The zero-order chi connectivity index (χ0) is 13.5. The smallest absolute Gasteiger partial charge is 0.325 e. The maximum Gasteiger partial charge on any atom is 0.325 e. The van der Waals surface area contributed by atoms with Crippen molar-refractivity contribution in [3.05, 3.63) is 26.6 Å². The summed E-state index contributed by atoms with van der Waals surface area (Å²) in [5, 5.41) is 3.97. The number of anilines is 1. The van der Waals surface area contributed by atoms with E-state index in [1.165, 1.54) is 5.56 Å². The van der Waals surface area contributed by atoms with Gasteiger partial charge in [-0.2, -0.15) is 0 Å². The lowest BCUT2D eigenvalue weighted by Gasteiger charge is -2.12. The minimum Gasteiger partial charge on any atom is -0.465 e. The predicted molar refractivity (Wildman–Crippen MR) is 84.5 cm³/mol. The molecule has 0 fully saturated rings. The zero-order valence-electron chi connectivity index (χ0n) is 9.93. The Balaban J connectivity index is 2.74. The summed E-state index contributed by atoms with van der Waals surface area (Å²) in [6, 6.07) is 4.08. The van der Waals surface area contributed by atoms with E-state index in [0.29, 0.717) is 6.61 Å². The number of aryl methyl sites for hydroxylation is 1. The molecule has 1 N–H and O–H groups in total. The van der Waals surface area contributed by atoms with Gasteiger partial charge in [0.25, 0.3) is 0 Å². The lowest BCUT2D eigenvalue weighted by Crippen LogP contribution is -2.17. The Morgan fingerprint density at radius 2 is 1.94 bits per heavy atom. The molecule has 0 aliphatic heterocycles. The standard InChI is InChI=1S/C12H14Br3NO2/c1-2-18-11(17)7-16-12-9(14)5-8(3-4-13)6-10(12)15/h5-6,16H,2-4,7H2,1H3. The molecular weight excluding hydrogens is 430 g/mol. The highest BCUT2D eigenvalue weighted by molar-refractivity contribution is 9.11. The first-order valence-corrected chi connectivity index (χ1v) is 8.22. The summed E-state index contributed by atoms with van der Waals surface area (Å²) in [5.74, 6) is -0.263. The second kappa shape index (κ2) is 8.17. The van der Waals surface area contributed by atoms with Crippen LogP contribution in [0.4, 0.5) is 5.69 Å². The van der Waals surface area contributed by atoms with Crippen LogP contribution >= 0.6 is 47.8 Å². The molecule has 0 heterocycles. The summed E-state index contributed by atoms with van der Waals surface area (Å²) >= 11 is 10.4. The molecule has 6 heteroatoms. The normalized spacial score (nSPS) is 10.2. The first-order chi connectivity index (χ1) is 8.58. The highest BCUT2D eigenvalue weighted by Gasteiger charge is 2.09. The van der Waals surface area contributed by atoms with Crippen molar-refractivity contribution >= 4 is 59.4 Å². The van der Waals surface area contributed by atoms with E-state index in [9.17, 15) is 4.79 Å². The Hall–Kier alpha value is -0.0700. The quantitative estimate of drug-likeness (QED) is 0.531. The van der Waals surface area contributed by atoms with Gasteiger partial charge in [-0.05, 0) is 62.9 Å². The van der Waals surface area contributed by atoms with Gasteiger partial charge in [-0.1, -0.05) is 15.9 Å². The maximum atomic E-state index is 11.3. The minimum atomic E-state index is -0.263. The number of halogens is 3. The predicted octanol–water partition coefficient (Wildman–Crippen LogP) is 4.12. The fraction of sp³-hybridized carbons (Fsp3) is 0.417. The van der Waals surface area contributed by atoms with Crippen molar-refractivity contribution in [3.8, 4) is 0 Å². The molecule has 0 bridgehead atoms. The van der Waals surface area contributed by atoms with Crippen molar-refractivity contribution in [1.29, 1.82) is 0 Å². The van der Waals surface area contributed by atoms with Crippen molar-refractivity contribution in [1.82, 2.24) is 0 Å². The molecule has 1 rings (SSSR count). The fourth-order valence-electron chi connectivity index (χ4n) is 1.42. The molecule has 3 nitrogen and oxygen atoms in total. The first kappa shape index (κ1) is 16.0. The number of benzene rings is 1. The Bertz CT molecular complexity index is 401. The molecule has 0 aromatic heterocycles. The third kappa shape index (κ3) is 4.90. The number of esters is 1. The van der Waals surface area contributed by atoms with Gasteiger partial charge in [-0.15, -0.1) is 0 Å². The van der Waals surface area contributed by atoms with Crippen LogP contribution in [0.3, 0.4) is 0 Å². The van der Waals surface area contributed by atoms with E-state index in [2.05, 4.69) is 53.1 Å². The SMILES string of the molecule is CCOC(=O)CNc1c(Br)cc(CCBr)cc1Br. The minimum absolute atomic E-state index is 0.156. The van der Waals surface area contributed by atoms with Crippen molar-refractivity contribution in [3.63, 3.8) is 0 Å². The van der Waals surface area contributed by atoms with Gasteiger partial charge in [0.2, 0.25) is 0 Å². The molecule has 0 atom stereocenters. The van der Waals surface area contributed by atoms with E-state index in [4.69, 9.17) is 4.74 Å². The van der Waals surface area contributed by atoms with E-state index < -0.39 is 0 Å². The van der Waals surface area contributed by atoms with E-state index in [0.717, 1.165) is 26.4 Å². The van der Waals surface area contributed by atoms with Gasteiger partial charge in [0.05, 0.1) is 12.3 Å². The van der Waals surface area contributed by atoms with Crippen LogP contribution in [0.1, 0.15) is 12.5 Å². The Kier molecular flexibility index (Phi) is 7.26. The van der Waals surface area contributed by atoms with Crippen LogP contribution in [0.15, 0.2) is 21.1 Å². The highest BCUT2D eigenvalue weighted by Crippen LogP contribution is 2.32. The van der Waals surface area contributed by atoms with Gasteiger partial charge in [-0.25, -0.2) is 0 Å². The lowest BCUT2D eigenvalue weighted by atomic mass is 10.1. The molecule has 0 amide bonds. The fourth-order valence-corrected chi connectivity index (χ4v) is 3.44. The number of carbonyl (C=O) groups is 1. The highest BCUT2D eigenvalue weighted by atomic mass is 79.9. The number of hydrogen-bond acceptors (Lipinski definition) is 3. The zero-order valence-corrected chi connectivity index (χ0v) is 14.7. The van der Waals surface area contributed by atoms with E-state index in [1.54, 1.807) is 6.92 Å². The second-order valence-corrected chi connectivity index (χ2v) is 6.03. The lowest BCUT2D eigenvalue weighted by molar-refractivity contribution is -0.140. The first-order valence-electron chi connectivity index (χ1n) is 5.51. The van der Waals surface area contributed by atoms with Crippen LogP contribution in [0, 0.1) is 0 Å². The molecule has 0 saturated carbocycles. The van der Waals surface area contributed by atoms with Crippen LogP contribution < -0.4 is 5.32 Å². The molecule has 0 spiro atoms. The topological polar surface area (TPSA) is 38.3 Å². The molecule has 0 radical (unpaired) electrons. The van der Waals surface area contributed by atoms with Gasteiger partial charge in [0.1, 0.15) is 6.54 Å². The van der Waals surface area contributed by atoms with E-state index in [-0.39, 0.29) is 12.5 Å². The largest absolute Gasteiger partial charge is 0.465 e. The third-order valence-electron chi connectivity index (χ3n) is 2.20. The molecule has 1 aromatic carbocycles. The summed E-state index contributed by atoms with van der Waals surface area (Å²) < 4.78 is 6.72. The van der Waals surface area contributed by atoms with E-state index >= 15 is 0 Å². The second-order valence-electron chi connectivity index (χ2n) is 3.53. The molecule has 0 unspecified atom stereocenters. The van der Waals surface area contributed by atoms with Crippen LogP contribution in [0.5, 0.6) is 0 Å². The number of ether oxygens (including phenoxy) is 1. The van der Waals surface area contributed by atoms with Gasteiger partial charge >= 0.3 is 5.97 Å². The summed E-state index contributed by atoms with van der Waals surface area (Å²) in [7, 11) is 0. The number of rotatable bonds is 6. The van der Waals surface area contributed by atoms with Crippen LogP contribution in [0.2, 0.25) is 0 Å². The Morgan fingerprint density at radius 1 is 1.33 bits per heavy atom. The number of alkyl halides is 1. The van der Waals surface area contributed by atoms with Crippen LogP contribution in [-0.2, 0) is 16.0 Å². The number of nitrogens with one attached hydrogen (secondary N) is 1. The van der Waals surface area contributed by atoms with Crippen molar-refractivity contribution in [2.24, 2.45) is 0 Å². The average molecular weight is 444 g/mol. The molecule has 1 aromatic rings. The Morgan fingerprint density at radius 3 is 2.44 bits per heavy atom. The van der Waals surface area contributed by atoms with Crippen LogP contribution in [-0.4, -0.2) is 24.5 Å². The Labute approximate surface area is 132 Å². The molecular formula is C12H14Br3NO2. The average Bonchev–Trinajstić information content (AvgIpc) is 2.28. The van der Waals surface area contributed by atoms with Gasteiger partial charge in [0.15, 0.2) is 0 Å². The van der Waals surface area contributed by atoms with Gasteiger partial charge in [-0.3, -0.25) is 4.79 Å². The number of carbonyl (C=O) groups excluding carboxylic acids is 1. The molecule has 100 valence electrons. The van der Waals surface area contributed by atoms with Gasteiger partial charge < -0.3 is 10.1 Å². The summed E-state index contributed by atoms with van der Waals surface area (Å²) in [5.41, 5.74) is 2.08.